The molecule has 3 N–H and O–H groups in total. The van der Waals surface area contributed by atoms with Gasteiger partial charge in [-0.25, -0.2) is 10.4 Å². The molecule has 0 atom stereocenters. The molecule has 0 aliphatic heterocycles. The van der Waals surface area contributed by atoms with Crippen molar-refractivity contribution in [1.29, 1.82) is 0 Å². The molecule has 1 aromatic carbocycles. The summed E-state index contributed by atoms with van der Waals surface area (Å²) in [6.07, 6.45) is 1.57. The van der Waals surface area contributed by atoms with E-state index in [4.69, 9.17) is 5.73 Å². The standard InChI is InChI=1S/C12H11BrN4OS/c1-7-10(19-12(14)16-7)11(18)17-15-6-8-2-4-9(13)5-3-8/h2-6H,1H3,(H2,14,16)(H,17,18)/b15-6+. The molecule has 0 radical (unpaired) electrons. The first-order valence-corrected chi connectivity index (χ1v) is 6.99. The number of benzene rings is 1. The minimum atomic E-state index is -0.305. The van der Waals surface area contributed by atoms with E-state index in [-0.39, 0.29) is 5.91 Å². The van der Waals surface area contributed by atoms with Crippen LogP contribution in [0.1, 0.15) is 20.9 Å². The SMILES string of the molecule is Cc1nc(N)sc1C(=O)N/N=C/c1ccc(Br)cc1. The predicted molar refractivity (Wildman–Crippen MR) is 80.5 cm³/mol. The van der Waals surface area contributed by atoms with Gasteiger partial charge in [-0.15, -0.1) is 0 Å². The van der Waals surface area contributed by atoms with Gasteiger partial charge >= 0.3 is 0 Å². The summed E-state index contributed by atoms with van der Waals surface area (Å²) in [5.41, 5.74) is 9.49. The maximum absolute atomic E-state index is 11.8. The Labute approximate surface area is 122 Å². The molecular formula is C12H11BrN4OS. The number of carbonyl (C=O) groups is 1. The molecule has 98 valence electrons. The fourth-order valence-electron chi connectivity index (χ4n) is 1.39. The van der Waals surface area contributed by atoms with Crippen molar-refractivity contribution in [3.8, 4) is 0 Å². The average Bonchev–Trinajstić information content (AvgIpc) is 2.71. The van der Waals surface area contributed by atoms with Crippen LogP contribution in [0.5, 0.6) is 0 Å². The van der Waals surface area contributed by atoms with Crippen molar-refractivity contribution in [2.24, 2.45) is 5.10 Å². The van der Waals surface area contributed by atoms with Crippen LogP contribution in [-0.4, -0.2) is 17.1 Å². The van der Waals surface area contributed by atoms with E-state index in [1.807, 2.05) is 24.3 Å². The van der Waals surface area contributed by atoms with Crippen molar-refractivity contribution in [2.45, 2.75) is 6.92 Å². The monoisotopic (exact) mass is 338 g/mol. The number of aromatic nitrogens is 1. The van der Waals surface area contributed by atoms with Crippen LogP contribution in [0.3, 0.4) is 0 Å². The van der Waals surface area contributed by atoms with Crippen LogP contribution in [0, 0.1) is 6.92 Å². The van der Waals surface area contributed by atoms with Gasteiger partial charge in [-0.2, -0.15) is 5.10 Å². The fraction of sp³-hybridized carbons (Fsp3) is 0.0833. The summed E-state index contributed by atoms with van der Waals surface area (Å²) < 4.78 is 0.990. The summed E-state index contributed by atoms with van der Waals surface area (Å²) in [4.78, 5) is 16.3. The molecule has 1 aromatic heterocycles. The number of hydrogen-bond acceptors (Lipinski definition) is 5. The Morgan fingerprint density at radius 1 is 1.47 bits per heavy atom. The topological polar surface area (TPSA) is 80.4 Å². The predicted octanol–water partition coefficient (Wildman–Crippen LogP) is 2.56. The molecule has 1 amide bonds. The summed E-state index contributed by atoms with van der Waals surface area (Å²) in [7, 11) is 0. The highest BCUT2D eigenvalue weighted by atomic mass is 79.9. The van der Waals surface area contributed by atoms with Crippen LogP contribution >= 0.6 is 27.3 Å². The lowest BCUT2D eigenvalue weighted by Crippen LogP contribution is -2.17. The third-order valence-corrected chi connectivity index (χ3v) is 3.78. The second kappa shape index (κ2) is 5.94. The number of halogens is 1. The summed E-state index contributed by atoms with van der Waals surface area (Å²) in [5.74, 6) is -0.305. The number of thiazole rings is 1. The smallest absolute Gasteiger partial charge is 0.283 e. The number of hydrogen-bond donors (Lipinski definition) is 2. The molecule has 1 heterocycles. The number of nitrogen functional groups attached to an aromatic ring is 1. The first-order valence-electron chi connectivity index (χ1n) is 5.38. The van der Waals surface area contributed by atoms with E-state index >= 15 is 0 Å². The minimum Gasteiger partial charge on any atom is -0.375 e. The maximum atomic E-state index is 11.8. The Bertz CT molecular complexity index is 621. The zero-order valence-electron chi connectivity index (χ0n) is 10.1. The first-order chi connectivity index (χ1) is 9.06. The van der Waals surface area contributed by atoms with Gasteiger partial charge < -0.3 is 5.73 Å². The van der Waals surface area contributed by atoms with E-state index in [0.29, 0.717) is 15.7 Å². The van der Waals surface area contributed by atoms with Crippen molar-refractivity contribution >= 4 is 44.5 Å². The molecule has 2 rings (SSSR count). The molecule has 0 unspecified atom stereocenters. The molecule has 0 bridgehead atoms. The van der Waals surface area contributed by atoms with E-state index in [9.17, 15) is 4.79 Å². The van der Waals surface area contributed by atoms with Crippen molar-refractivity contribution in [2.75, 3.05) is 5.73 Å². The minimum absolute atomic E-state index is 0.305. The number of nitrogens with two attached hydrogens (primary N) is 1. The van der Waals surface area contributed by atoms with Crippen LogP contribution in [0.2, 0.25) is 0 Å². The number of anilines is 1. The average molecular weight is 339 g/mol. The first kappa shape index (κ1) is 13.7. The Morgan fingerprint density at radius 3 is 2.74 bits per heavy atom. The fourth-order valence-corrected chi connectivity index (χ4v) is 2.38. The molecule has 19 heavy (non-hydrogen) atoms. The lowest BCUT2D eigenvalue weighted by Gasteiger charge is -1.97. The summed E-state index contributed by atoms with van der Waals surface area (Å²) in [6, 6.07) is 7.57. The lowest BCUT2D eigenvalue weighted by atomic mass is 10.2. The second-order valence-corrected chi connectivity index (χ2v) is 5.66. The van der Waals surface area contributed by atoms with Crippen LogP contribution in [0.15, 0.2) is 33.8 Å². The van der Waals surface area contributed by atoms with Crippen molar-refractivity contribution in [3.63, 3.8) is 0 Å². The Balaban J connectivity index is 2.00. The van der Waals surface area contributed by atoms with Gasteiger partial charge in [-0.05, 0) is 24.6 Å². The normalized spacial score (nSPS) is 10.8. The van der Waals surface area contributed by atoms with Crippen LogP contribution < -0.4 is 11.2 Å². The third-order valence-electron chi connectivity index (χ3n) is 2.27. The Morgan fingerprint density at radius 2 is 2.16 bits per heavy atom. The highest BCUT2D eigenvalue weighted by molar-refractivity contribution is 9.10. The van der Waals surface area contributed by atoms with Crippen molar-refractivity contribution in [3.05, 3.63) is 44.9 Å². The molecule has 5 nitrogen and oxygen atoms in total. The second-order valence-electron chi connectivity index (χ2n) is 3.72. The molecule has 0 spiro atoms. The number of nitrogens with one attached hydrogen (secondary N) is 1. The van der Waals surface area contributed by atoms with E-state index in [1.54, 1.807) is 13.1 Å². The molecular weight excluding hydrogens is 328 g/mol. The highest BCUT2D eigenvalue weighted by Gasteiger charge is 2.12. The number of amides is 1. The molecule has 0 aliphatic rings. The third kappa shape index (κ3) is 3.62. The number of carbonyl (C=O) groups excluding carboxylic acids is 1. The highest BCUT2D eigenvalue weighted by Crippen LogP contribution is 2.19. The van der Waals surface area contributed by atoms with Gasteiger partial charge in [0, 0.05) is 4.47 Å². The molecule has 2 aromatic rings. The van der Waals surface area contributed by atoms with Crippen molar-refractivity contribution < 1.29 is 4.79 Å². The van der Waals surface area contributed by atoms with E-state index in [0.717, 1.165) is 21.4 Å². The maximum Gasteiger partial charge on any atom is 0.283 e. The van der Waals surface area contributed by atoms with E-state index in [1.165, 1.54) is 0 Å². The molecule has 7 heteroatoms. The molecule has 0 saturated carbocycles. The number of nitrogens with zero attached hydrogens (tertiary/aromatic N) is 2. The zero-order chi connectivity index (χ0) is 13.8. The summed E-state index contributed by atoms with van der Waals surface area (Å²) >= 11 is 4.49. The zero-order valence-corrected chi connectivity index (χ0v) is 12.5. The summed E-state index contributed by atoms with van der Waals surface area (Å²) in [5, 5.41) is 4.27. The van der Waals surface area contributed by atoms with Gasteiger partial charge in [0.25, 0.3) is 5.91 Å². The number of aryl methyl sites for hydroxylation is 1. The molecule has 0 saturated heterocycles. The number of rotatable bonds is 3. The van der Waals surface area contributed by atoms with Gasteiger partial charge in [0.15, 0.2) is 5.13 Å². The molecule has 0 fully saturated rings. The van der Waals surface area contributed by atoms with Crippen molar-refractivity contribution in [1.82, 2.24) is 10.4 Å². The quantitative estimate of drug-likeness (QED) is 0.666. The Kier molecular flexibility index (Phi) is 4.28. The lowest BCUT2D eigenvalue weighted by molar-refractivity contribution is 0.0958. The number of hydrazone groups is 1. The summed E-state index contributed by atoms with van der Waals surface area (Å²) in [6.45, 7) is 1.74. The van der Waals surface area contributed by atoms with Crippen LogP contribution in [0.4, 0.5) is 5.13 Å². The van der Waals surface area contributed by atoms with Gasteiger partial charge in [-0.3, -0.25) is 4.79 Å². The van der Waals surface area contributed by atoms with Crippen LogP contribution in [-0.2, 0) is 0 Å². The van der Waals surface area contributed by atoms with Gasteiger partial charge in [0.1, 0.15) is 4.88 Å². The van der Waals surface area contributed by atoms with Gasteiger partial charge in [-0.1, -0.05) is 39.4 Å². The van der Waals surface area contributed by atoms with Gasteiger partial charge in [0.05, 0.1) is 11.9 Å². The van der Waals surface area contributed by atoms with E-state index < -0.39 is 0 Å². The molecule has 0 aliphatic carbocycles. The van der Waals surface area contributed by atoms with E-state index in [2.05, 4.69) is 31.4 Å². The van der Waals surface area contributed by atoms with Gasteiger partial charge in [0.2, 0.25) is 0 Å². The Hall–Kier alpha value is -1.73. The van der Waals surface area contributed by atoms with Crippen LogP contribution in [0.25, 0.3) is 0 Å². The largest absolute Gasteiger partial charge is 0.375 e.